The molecule has 1 aromatic heterocycles. The van der Waals surface area contributed by atoms with Crippen LogP contribution < -0.4 is 0 Å². The molecule has 5 heteroatoms. The lowest BCUT2D eigenvalue weighted by atomic mass is 9.98. The fourth-order valence-electron chi connectivity index (χ4n) is 2.87. The van der Waals surface area contributed by atoms with Crippen LogP contribution in [0.1, 0.15) is 34.6 Å². The molecule has 0 amide bonds. The number of ether oxygens (including phenoxy) is 2. The number of esters is 1. The highest BCUT2D eigenvalue weighted by atomic mass is 35.5. The van der Waals surface area contributed by atoms with Crippen molar-refractivity contribution >= 4 is 28.5 Å². The summed E-state index contributed by atoms with van der Waals surface area (Å²) < 4.78 is 10.9. The minimum atomic E-state index is -0.405. The van der Waals surface area contributed by atoms with Crippen LogP contribution in [0.4, 0.5) is 0 Å². The van der Waals surface area contributed by atoms with Crippen molar-refractivity contribution in [1.29, 1.82) is 0 Å². The summed E-state index contributed by atoms with van der Waals surface area (Å²) in [6, 6.07) is 15.2. The number of aromatic nitrogens is 1. The van der Waals surface area contributed by atoms with Gasteiger partial charge in [0.05, 0.1) is 6.61 Å². The van der Waals surface area contributed by atoms with Crippen LogP contribution in [0.3, 0.4) is 0 Å². The fraction of sp³-hybridized carbons (Fsp3) is 0.211. The summed E-state index contributed by atoms with van der Waals surface area (Å²) in [5.74, 6) is -0.405. The van der Waals surface area contributed by atoms with E-state index in [1.807, 2.05) is 42.5 Å². The zero-order chi connectivity index (χ0) is 17.1. The molecule has 24 heavy (non-hydrogen) atoms. The Morgan fingerprint density at radius 2 is 1.96 bits per heavy atom. The Kier molecular flexibility index (Phi) is 4.88. The Morgan fingerprint density at radius 1 is 1.21 bits per heavy atom. The van der Waals surface area contributed by atoms with Crippen molar-refractivity contribution in [3.63, 3.8) is 0 Å². The van der Waals surface area contributed by atoms with Crippen molar-refractivity contribution in [3.8, 4) is 0 Å². The first-order valence-corrected chi connectivity index (χ1v) is 8.09. The number of carbonyl (C=O) groups is 1. The molecule has 3 rings (SSSR count). The zero-order valence-electron chi connectivity index (χ0n) is 13.5. The number of hydrogen-bond donors (Lipinski definition) is 1. The summed E-state index contributed by atoms with van der Waals surface area (Å²) in [7, 11) is 1.62. The van der Waals surface area contributed by atoms with Crippen molar-refractivity contribution in [1.82, 2.24) is 4.98 Å². The summed E-state index contributed by atoms with van der Waals surface area (Å²) in [5.41, 5.74) is 2.89. The molecular weight excluding hydrogens is 326 g/mol. The van der Waals surface area contributed by atoms with Gasteiger partial charge >= 0.3 is 5.97 Å². The molecule has 0 aliphatic heterocycles. The van der Waals surface area contributed by atoms with Crippen molar-refractivity contribution < 1.29 is 14.3 Å². The number of benzene rings is 2. The minimum Gasteiger partial charge on any atom is -0.461 e. The average Bonchev–Trinajstić information content (AvgIpc) is 2.96. The van der Waals surface area contributed by atoms with Gasteiger partial charge in [0.2, 0.25) is 0 Å². The molecule has 1 unspecified atom stereocenters. The zero-order valence-corrected chi connectivity index (χ0v) is 14.3. The first-order chi connectivity index (χ1) is 11.7. The van der Waals surface area contributed by atoms with Crippen LogP contribution in [0.5, 0.6) is 0 Å². The van der Waals surface area contributed by atoms with Gasteiger partial charge in [-0.3, -0.25) is 0 Å². The second-order valence-electron chi connectivity index (χ2n) is 5.35. The molecule has 4 nitrogen and oxygen atoms in total. The van der Waals surface area contributed by atoms with Crippen molar-refractivity contribution in [2.45, 2.75) is 13.0 Å². The summed E-state index contributed by atoms with van der Waals surface area (Å²) >= 11 is 6.16. The molecule has 2 aromatic carbocycles. The fourth-order valence-corrected chi connectivity index (χ4v) is 3.04. The molecule has 0 radical (unpaired) electrons. The van der Waals surface area contributed by atoms with Crippen LogP contribution in [0.25, 0.3) is 10.9 Å². The van der Waals surface area contributed by atoms with Gasteiger partial charge < -0.3 is 14.5 Å². The average molecular weight is 344 g/mol. The van der Waals surface area contributed by atoms with Gasteiger partial charge in [0.25, 0.3) is 0 Å². The van der Waals surface area contributed by atoms with E-state index in [0.717, 1.165) is 22.0 Å². The molecule has 1 N–H and O–H groups in total. The maximum absolute atomic E-state index is 12.4. The third kappa shape index (κ3) is 3.03. The van der Waals surface area contributed by atoms with E-state index < -0.39 is 12.1 Å². The smallest absolute Gasteiger partial charge is 0.355 e. The van der Waals surface area contributed by atoms with E-state index in [1.54, 1.807) is 20.1 Å². The molecule has 0 aliphatic carbocycles. The Hall–Kier alpha value is -2.30. The number of H-pyrrole nitrogens is 1. The SMILES string of the molecule is CCOC(=O)c1[nH]c2ccc(Cl)cc2c1C(OC)c1ccccc1. The van der Waals surface area contributed by atoms with E-state index in [4.69, 9.17) is 21.1 Å². The Bertz CT molecular complexity index is 858. The number of aromatic amines is 1. The highest BCUT2D eigenvalue weighted by molar-refractivity contribution is 6.31. The summed E-state index contributed by atoms with van der Waals surface area (Å²) in [5, 5.41) is 1.45. The van der Waals surface area contributed by atoms with E-state index >= 15 is 0 Å². The first-order valence-electron chi connectivity index (χ1n) is 7.71. The Morgan fingerprint density at radius 3 is 2.62 bits per heavy atom. The van der Waals surface area contributed by atoms with E-state index in [9.17, 15) is 4.79 Å². The summed E-state index contributed by atoms with van der Waals surface area (Å²) in [6.45, 7) is 2.08. The van der Waals surface area contributed by atoms with Gasteiger partial charge in [0, 0.05) is 28.6 Å². The van der Waals surface area contributed by atoms with Gasteiger partial charge in [0.1, 0.15) is 11.8 Å². The van der Waals surface area contributed by atoms with Crippen molar-refractivity contribution in [2.24, 2.45) is 0 Å². The molecule has 0 bridgehead atoms. The monoisotopic (exact) mass is 343 g/mol. The maximum atomic E-state index is 12.4. The molecule has 0 saturated heterocycles. The van der Waals surface area contributed by atoms with Gasteiger partial charge in [-0.15, -0.1) is 0 Å². The third-order valence-electron chi connectivity index (χ3n) is 3.88. The molecule has 124 valence electrons. The number of rotatable bonds is 5. The van der Waals surface area contributed by atoms with Crippen LogP contribution in [-0.2, 0) is 9.47 Å². The third-order valence-corrected chi connectivity index (χ3v) is 4.12. The van der Waals surface area contributed by atoms with Crippen LogP contribution in [-0.4, -0.2) is 24.7 Å². The second-order valence-corrected chi connectivity index (χ2v) is 5.79. The normalized spacial score (nSPS) is 12.3. The molecular formula is C19H18ClNO3. The van der Waals surface area contributed by atoms with Crippen molar-refractivity contribution in [2.75, 3.05) is 13.7 Å². The van der Waals surface area contributed by atoms with Crippen LogP contribution in [0.15, 0.2) is 48.5 Å². The van der Waals surface area contributed by atoms with Crippen LogP contribution >= 0.6 is 11.6 Å². The molecule has 1 atom stereocenters. The molecule has 3 aromatic rings. The van der Waals surface area contributed by atoms with Gasteiger partial charge in [-0.1, -0.05) is 41.9 Å². The predicted molar refractivity (Wildman–Crippen MR) is 94.6 cm³/mol. The van der Waals surface area contributed by atoms with Gasteiger partial charge in [-0.25, -0.2) is 4.79 Å². The number of nitrogens with one attached hydrogen (secondary N) is 1. The molecule has 0 aliphatic rings. The topological polar surface area (TPSA) is 51.3 Å². The number of halogens is 1. The molecule has 1 heterocycles. The molecule has 0 saturated carbocycles. The van der Waals surface area contributed by atoms with E-state index in [1.165, 1.54) is 0 Å². The van der Waals surface area contributed by atoms with Crippen LogP contribution in [0, 0.1) is 0 Å². The highest BCUT2D eigenvalue weighted by Crippen LogP contribution is 2.35. The van der Waals surface area contributed by atoms with Gasteiger partial charge in [0.15, 0.2) is 0 Å². The van der Waals surface area contributed by atoms with Gasteiger partial charge in [-0.2, -0.15) is 0 Å². The molecule has 0 spiro atoms. The lowest BCUT2D eigenvalue weighted by Crippen LogP contribution is -2.12. The quantitative estimate of drug-likeness (QED) is 0.681. The first kappa shape index (κ1) is 16.6. The lowest BCUT2D eigenvalue weighted by Gasteiger charge is -2.17. The lowest BCUT2D eigenvalue weighted by molar-refractivity contribution is 0.0512. The minimum absolute atomic E-state index is 0.303. The van der Waals surface area contributed by atoms with Crippen molar-refractivity contribution in [3.05, 3.63) is 70.4 Å². The molecule has 0 fully saturated rings. The predicted octanol–water partition coefficient (Wildman–Crippen LogP) is 4.73. The van der Waals surface area contributed by atoms with Gasteiger partial charge in [-0.05, 0) is 30.7 Å². The second kappa shape index (κ2) is 7.07. The standard InChI is InChI=1S/C19H18ClNO3/c1-3-24-19(22)17-16(14-11-13(20)9-10-15(14)21-17)18(23-2)12-7-5-4-6-8-12/h4-11,18,21H,3H2,1-2H3. The largest absolute Gasteiger partial charge is 0.461 e. The number of methoxy groups -OCH3 is 1. The number of fused-ring (bicyclic) bond motifs is 1. The van der Waals surface area contributed by atoms with E-state index in [-0.39, 0.29) is 0 Å². The number of hydrogen-bond acceptors (Lipinski definition) is 3. The highest BCUT2D eigenvalue weighted by Gasteiger charge is 2.26. The van der Waals surface area contributed by atoms with Crippen LogP contribution in [0.2, 0.25) is 5.02 Å². The number of carbonyl (C=O) groups excluding carboxylic acids is 1. The Labute approximate surface area is 145 Å². The maximum Gasteiger partial charge on any atom is 0.355 e. The summed E-state index contributed by atoms with van der Waals surface area (Å²) in [6.07, 6.45) is -0.405. The Balaban J connectivity index is 2.24. The van der Waals surface area contributed by atoms with E-state index in [2.05, 4.69) is 4.98 Å². The summed E-state index contributed by atoms with van der Waals surface area (Å²) in [4.78, 5) is 15.6. The van der Waals surface area contributed by atoms with E-state index in [0.29, 0.717) is 17.3 Å².